The van der Waals surface area contributed by atoms with Crippen molar-refractivity contribution in [1.82, 2.24) is 0 Å². The van der Waals surface area contributed by atoms with Gasteiger partial charge in [-0.25, -0.2) is 4.79 Å². The molecule has 6 aliphatic rings. The fraction of sp³-hybridized carbons (Fsp3) is 0.375. The Morgan fingerprint density at radius 1 is 1.00 bits per heavy atom. The van der Waals surface area contributed by atoms with Gasteiger partial charge in [-0.15, -0.1) is 0 Å². The fourth-order valence-corrected chi connectivity index (χ4v) is 7.73. The molecule has 12 heteroatoms. The first kappa shape index (κ1) is 28.0. The third-order valence-electron chi connectivity index (χ3n) is 9.98. The van der Waals surface area contributed by atoms with E-state index < -0.39 is 93.1 Å². The minimum atomic E-state index is -2.94. The van der Waals surface area contributed by atoms with E-state index in [1.54, 1.807) is 6.92 Å². The molecule has 44 heavy (non-hydrogen) atoms. The molecule has 2 unspecified atom stereocenters. The number of rotatable bonds is 2. The minimum absolute atomic E-state index is 0.0272. The first-order chi connectivity index (χ1) is 20.7. The van der Waals surface area contributed by atoms with E-state index in [4.69, 9.17) is 14.2 Å². The molecule has 226 valence electrons. The van der Waals surface area contributed by atoms with Crippen LogP contribution in [0.1, 0.15) is 79.9 Å². The van der Waals surface area contributed by atoms with Crippen molar-refractivity contribution in [2.75, 3.05) is 7.11 Å². The number of phenolic OH excluding ortho intramolecular Hbond substituents is 2. The molecule has 0 amide bonds. The summed E-state index contributed by atoms with van der Waals surface area (Å²) in [5.74, 6) is -8.40. The van der Waals surface area contributed by atoms with Crippen LogP contribution in [-0.2, 0) is 30.3 Å². The van der Waals surface area contributed by atoms with Gasteiger partial charge < -0.3 is 29.5 Å². The van der Waals surface area contributed by atoms with Crippen molar-refractivity contribution in [2.45, 2.75) is 62.3 Å². The summed E-state index contributed by atoms with van der Waals surface area (Å²) in [5.41, 5.74) is -9.39. The van der Waals surface area contributed by atoms with Gasteiger partial charge in [-0.1, -0.05) is 12.2 Å². The van der Waals surface area contributed by atoms with Crippen LogP contribution in [0.15, 0.2) is 30.4 Å². The average molecular weight is 603 g/mol. The number of fused-ring (bicyclic) bond motifs is 2. The number of phenols is 2. The number of ether oxygens (including phenoxy) is 3. The van der Waals surface area contributed by atoms with Gasteiger partial charge in [0.15, 0.2) is 23.0 Å². The van der Waals surface area contributed by atoms with Crippen LogP contribution < -0.4 is 4.74 Å². The van der Waals surface area contributed by atoms with Crippen LogP contribution in [0.2, 0.25) is 0 Å². The number of hydrogen-bond acceptors (Lipinski definition) is 12. The number of allylic oxidation sites excluding steroid dienone is 1. The maximum Gasteiger partial charge on any atom is 0.354 e. The number of aromatic hydroxyl groups is 2. The van der Waals surface area contributed by atoms with Crippen molar-refractivity contribution < 1.29 is 58.3 Å². The number of esters is 2. The number of aryl methyl sites for hydroxylation is 1. The molecule has 2 aromatic carbocycles. The number of carbonyl (C=O) groups is 6. The number of hydrogen-bond donors (Lipinski definition) is 3. The van der Waals surface area contributed by atoms with Gasteiger partial charge >= 0.3 is 11.9 Å². The molecular weight excluding hydrogens is 576 g/mol. The summed E-state index contributed by atoms with van der Waals surface area (Å²) < 4.78 is 16.7. The van der Waals surface area contributed by atoms with Gasteiger partial charge in [0.1, 0.15) is 22.8 Å². The normalized spacial score (nSPS) is 33.1. The third-order valence-corrected chi connectivity index (χ3v) is 9.98. The van der Waals surface area contributed by atoms with Crippen molar-refractivity contribution in [3.63, 3.8) is 0 Å². The number of ketones is 4. The molecule has 2 aromatic rings. The Kier molecular flexibility index (Phi) is 5.34. The van der Waals surface area contributed by atoms with Crippen molar-refractivity contribution in [3.05, 3.63) is 63.7 Å². The highest BCUT2D eigenvalue weighted by atomic mass is 16.6. The predicted molar refractivity (Wildman–Crippen MR) is 146 cm³/mol. The molecule has 1 saturated heterocycles. The molecule has 1 spiro atoms. The van der Waals surface area contributed by atoms with Gasteiger partial charge in [0.25, 0.3) is 5.60 Å². The highest BCUT2D eigenvalue weighted by molar-refractivity contribution is 6.32. The van der Waals surface area contributed by atoms with E-state index in [0.717, 1.165) is 7.11 Å². The van der Waals surface area contributed by atoms with Crippen LogP contribution in [0.4, 0.5) is 0 Å². The molecule has 3 N–H and O–H groups in total. The zero-order valence-electron chi connectivity index (χ0n) is 23.8. The first-order valence-corrected chi connectivity index (χ1v) is 14.0. The molecule has 2 bridgehead atoms. The lowest BCUT2D eigenvalue weighted by molar-refractivity contribution is -0.192. The van der Waals surface area contributed by atoms with Crippen molar-refractivity contribution in [3.8, 4) is 17.2 Å². The largest absolute Gasteiger partial charge is 0.507 e. The number of Topliss-reactive ketones (excluding diaryl/α,β-unsaturated/α-hetero) is 4. The summed E-state index contributed by atoms with van der Waals surface area (Å²) in [6, 6.07) is 3.93. The molecule has 4 aliphatic carbocycles. The highest BCUT2D eigenvalue weighted by Crippen LogP contribution is 2.59. The maximum absolute atomic E-state index is 14.2. The highest BCUT2D eigenvalue weighted by Gasteiger charge is 2.71. The minimum Gasteiger partial charge on any atom is -0.507 e. The number of cyclic esters (lactones) is 1. The Hall–Kier alpha value is -4.84. The molecule has 0 radical (unpaired) electrons. The van der Waals surface area contributed by atoms with E-state index in [1.807, 2.05) is 0 Å². The summed E-state index contributed by atoms with van der Waals surface area (Å²) >= 11 is 0. The van der Waals surface area contributed by atoms with Gasteiger partial charge in [0.05, 0.1) is 30.4 Å². The smallest absolute Gasteiger partial charge is 0.354 e. The van der Waals surface area contributed by atoms with E-state index in [-0.39, 0.29) is 40.8 Å². The van der Waals surface area contributed by atoms with E-state index in [9.17, 15) is 44.1 Å². The Morgan fingerprint density at radius 2 is 1.73 bits per heavy atom. The fourth-order valence-electron chi connectivity index (χ4n) is 7.73. The topological polar surface area (TPSA) is 191 Å². The summed E-state index contributed by atoms with van der Waals surface area (Å²) in [5, 5.41) is 34.2. The van der Waals surface area contributed by atoms with Crippen LogP contribution >= 0.6 is 0 Å². The first-order valence-electron chi connectivity index (χ1n) is 14.0. The van der Waals surface area contributed by atoms with Crippen LogP contribution in [0.5, 0.6) is 17.2 Å². The molecule has 0 aromatic heterocycles. The van der Waals surface area contributed by atoms with Gasteiger partial charge in [-0.2, -0.15) is 0 Å². The van der Waals surface area contributed by atoms with Gasteiger partial charge in [0.2, 0.25) is 11.4 Å². The number of aliphatic hydroxyl groups is 1. The number of methoxy groups -OCH3 is 1. The SMILES string of the molecule is COC(=O)[C@]1([C@]2(C)CCC(=O)O2)CC(=O)c2c(cc3c(c2O)C2C=CC4(C3)C(=O)c3cc(C)cc(O)c3C(=O)[C@@]4(O)C2=O)O1. The molecule has 2 heterocycles. The van der Waals surface area contributed by atoms with Crippen LogP contribution in [-0.4, -0.2) is 74.3 Å². The monoisotopic (exact) mass is 602 g/mol. The second-order valence-corrected chi connectivity index (χ2v) is 12.3. The van der Waals surface area contributed by atoms with Gasteiger partial charge in [-0.3, -0.25) is 24.0 Å². The van der Waals surface area contributed by atoms with E-state index >= 15 is 0 Å². The Labute approximate surface area is 249 Å². The molecule has 2 aliphatic heterocycles. The molecule has 0 saturated carbocycles. The molecular formula is C32H26O12. The zero-order valence-corrected chi connectivity index (χ0v) is 23.8. The lowest BCUT2D eigenvalue weighted by Gasteiger charge is -2.47. The summed E-state index contributed by atoms with van der Waals surface area (Å²) in [4.78, 5) is 81.3. The quantitative estimate of drug-likeness (QED) is 0.258. The molecule has 5 atom stereocenters. The maximum atomic E-state index is 14.2. The number of benzene rings is 2. The summed E-state index contributed by atoms with van der Waals surface area (Å²) in [7, 11) is 1.08. The Morgan fingerprint density at radius 3 is 2.39 bits per heavy atom. The van der Waals surface area contributed by atoms with E-state index in [0.29, 0.717) is 5.56 Å². The van der Waals surface area contributed by atoms with Crippen molar-refractivity contribution >= 4 is 35.1 Å². The Balaban J connectivity index is 1.45. The van der Waals surface area contributed by atoms with Crippen molar-refractivity contribution in [2.24, 2.45) is 5.41 Å². The second-order valence-electron chi connectivity index (χ2n) is 12.3. The molecule has 1 fully saturated rings. The predicted octanol–water partition coefficient (Wildman–Crippen LogP) is 1.95. The standard InChI is InChI=1S/C32H26O12/c1-13-8-16-22(17(33)9-13)27(39)32(41)26(38)15-4-7-30(32,25(16)37)11-14-10-19-23(24(36)21(14)15)18(34)12-31(43-19,28(40)42-3)29(2)6-5-20(35)44-29/h4,7-10,15,33,36,41H,5-6,11-12H2,1-3H3/t15?,29-,30?,31-,32-/m0/s1. The van der Waals surface area contributed by atoms with Crippen molar-refractivity contribution in [1.29, 1.82) is 0 Å². The lowest BCUT2D eigenvalue weighted by Crippen LogP contribution is -2.67. The van der Waals surface area contributed by atoms with Crippen LogP contribution in [0.25, 0.3) is 0 Å². The Bertz CT molecular complexity index is 1850. The van der Waals surface area contributed by atoms with Gasteiger partial charge in [0, 0.05) is 24.0 Å². The molecule has 12 nitrogen and oxygen atoms in total. The summed E-state index contributed by atoms with van der Waals surface area (Å²) in [6.07, 6.45) is 1.42. The van der Waals surface area contributed by atoms with E-state index in [1.165, 1.54) is 37.3 Å². The third kappa shape index (κ3) is 3.00. The molecule has 8 rings (SSSR count). The lowest BCUT2D eigenvalue weighted by atomic mass is 9.54. The summed E-state index contributed by atoms with van der Waals surface area (Å²) in [6.45, 7) is 3.05. The van der Waals surface area contributed by atoms with Gasteiger partial charge in [-0.05, 0) is 49.6 Å². The number of carbonyl (C=O) groups excluding carboxylic acids is 6. The van der Waals surface area contributed by atoms with Crippen LogP contribution in [0.3, 0.4) is 0 Å². The van der Waals surface area contributed by atoms with Crippen LogP contribution in [0, 0.1) is 12.3 Å². The zero-order chi connectivity index (χ0) is 31.7. The van der Waals surface area contributed by atoms with E-state index in [2.05, 4.69) is 0 Å². The second kappa shape index (κ2) is 8.41. The average Bonchev–Trinajstić information content (AvgIpc) is 3.19.